The van der Waals surface area contributed by atoms with Crippen LogP contribution in [0.1, 0.15) is 67.6 Å². The molecule has 8 rings (SSSR count). The lowest BCUT2D eigenvalue weighted by Crippen LogP contribution is -2.22. The molecule has 0 fully saturated rings. The highest BCUT2D eigenvalue weighted by Gasteiger charge is 2.29. The fourth-order valence-electron chi connectivity index (χ4n) is 8.01. The summed E-state index contributed by atoms with van der Waals surface area (Å²) in [6.07, 6.45) is 15.6. The second-order valence-corrected chi connectivity index (χ2v) is 15.0. The smallest absolute Gasteiger partial charge is 0.0537 e. The third-order valence-corrected chi connectivity index (χ3v) is 10.7. The quantitative estimate of drug-likeness (QED) is 0.178. The molecule has 0 unspecified atom stereocenters. The molecular formula is C49H46N2. The van der Waals surface area contributed by atoms with E-state index in [1.807, 2.05) is 0 Å². The van der Waals surface area contributed by atoms with E-state index in [9.17, 15) is 0 Å². The number of rotatable bonds is 5. The molecule has 2 nitrogen and oxygen atoms in total. The summed E-state index contributed by atoms with van der Waals surface area (Å²) in [7, 11) is 0. The van der Waals surface area contributed by atoms with Gasteiger partial charge in [0.2, 0.25) is 0 Å². The molecule has 0 saturated heterocycles. The summed E-state index contributed by atoms with van der Waals surface area (Å²) in [5, 5.41) is 1.35. The number of anilines is 3. The molecule has 0 bridgehead atoms. The summed E-state index contributed by atoms with van der Waals surface area (Å²) in [4.78, 5) is 2.43. The maximum Gasteiger partial charge on any atom is 0.0537 e. The largest absolute Gasteiger partial charge is 0.313 e. The van der Waals surface area contributed by atoms with Crippen molar-refractivity contribution in [2.45, 2.75) is 59.8 Å². The zero-order valence-electron chi connectivity index (χ0n) is 30.7. The second kappa shape index (κ2) is 12.9. The van der Waals surface area contributed by atoms with E-state index in [0.29, 0.717) is 0 Å². The molecule has 2 heteroatoms. The standard InChI is InChI=1S/C49H46N2/c1-33-14-22-39(23-15-33)50(47-13-10-12-42-36(4)11-8-7-9-30-49(5,6)48(42)47)40-24-18-37(19-25-40)38-20-26-41(27-21-38)51-45-28-16-34(2)31-43(45)44-32-35(3)17-29-46(44)51/h7-16,18-28,30-32H,17,29H2,1-6H3/b8-7-,30-9?,36-11+. The van der Waals surface area contributed by atoms with Gasteiger partial charge in [0.25, 0.3) is 0 Å². The lowest BCUT2D eigenvalue weighted by Gasteiger charge is -2.34. The van der Waals surface area contributed by atoms with E-state index in [4.69, 9.17) is 0 Å². The van der Waals surface area contributed by atoms with Crippen molar-refractivity contribution in [2.75, 3.05) is 4.90 Å². The van der Waals surface area contributed by atoms with Gasteiger partial charge in [0.15, 0.2) is 0 Å². The number of nitrogens with zero attached hydrogens (tertiary/aromatic N) is 2. The van der Waals surface area contributed by atoms with Gasteiger partial charge < -0.3 is 9.47 Å². The first-order chi connectivity index (χ1) is 24.7. The fourth-order valence-corrected chi connectivity index (χ4v) is 8.01. The summed E-state index contributed by atoms with van der Waals surface area (Å²) in [6.45, 7) is 13.5. The van der Waals surface area contributed by atoms with Crippen LogP contribution < -0.4 is 4.90 Å². The van der Waals surface area contributed by atoms with Gasteiger partial charge in [-0.05, 0) is 123 Å². The third-order valence-electron chi connectivity index (χ3n) is 10.7. The van der Waals surface area contributed by atoms with Gasteiger partial charge in [-0.25, -0.2) is 0 Å². The van der Waals surface area contributed by atoms with E-state index >= 15 is 0 Å². The molecule has 0 aliphatic heterocycles. The van der Waals surface area contributed by atoms with Crippen molar-refractivity contribution in [3.8, 4) is 16.8 Å². The average molecular weight is 663 g/mol. The van der Waals surface area contributed by atoms with Crippen LogP contribution in [0, 0.1) is 13.8 Å². The molecule has 0 amide bonds. The molecule has 0 atom stereocenters. The zero-order chi connectivity index (χ0) is 35.3. The lowest BCUT2D eigenvalue weighted by molar-refractivity contribution is 0.668. The van der Waals surface area contributed by atoms with Crippen LogP contribution in [0.25, 0.3) is 39.4 Å². The highest BCUT2D eigenvalue weighted by molar-refractivity contribution is 5.94. The van der Waals surface area contributed by atoms with Crippen molar-refractivity contribution in [3.63, 3.8) is 0 Å². The predicted molar refractivity (Wildman–Crippen MR) is 220 cm³/mol. The molecule has 51 heavy (non-hydrogen) atoms. The van der Waals surface area contributed by atoms with E-state index in [0.717, 1.165) is 24.2 Å². The molecule has 1 aromatic heterocycles. The minimum absolute atomic E-state index is 0.196. The molecule has 6 aromatic rings. The highest BCUT2D eigenvalue weighted by atomic mass is 15.1. The maximum absolute atomic E-state index is 2.48. The van der Waals surface area contributed by atoms with Gasteiger partial charge >= 0.3 is 0 Å². The first-order valence-electron chi connectivity index (χ1n) is 18.2. The fraction of sp³-hybridized carbons (Fsp3) is 0.184. The summed E-state index contributed by atoms with van der Waals surface area (Å²) in [6, 6.07) is 40.7. The van der Waals surface area contributed by atoms with Crippen LogP contribution in [-0.4, -0.2) is 4.57 Å². The zero-order valence-corrected chi connectivity index (χ0v) is 30.7. The molecule has 252 valence electrons. The van der Waals surface area contributed by atoms with Crippen molar-refractivity contribution in [2.24, 2.45) is 0 Å². The van der Waals surface area contributed by atoms with Gasteiger partial charge in [0.05, 0.1) is 11.2 Å². The Kier molecular flexibility index (Phi) is 8.27. The van der Waals surface area contributed by atoms with E-state index in [1.165, 1.54) is 78.1 Å². The number of allylic oxidation sites excluding steroid dienone is 7. The van der Waals surface area contributed by atoms with Gasteiger partial charge in [-0.2, -0.15) is 0 Å². The second-order valence-electron chi connectivity index (χ2n) is 15.0. The topological polar surface area (TPSA) is 8.17 Å². The minimum atomic E-state index is -0.196. The Labute approximate surface area is 303 Å². The van der Waals surface area contributed by atoms with Crippen LogP contribution in [0.15, 0.2) is 145 Å². The van der Waals surface area contributed by atoms with Gasteiger partial charge in [-0.3, -0.25) is 0 Å². The Hall–Kier alpha value is -5.60. The third kappa shape index (κ3) is 5.99. The number of hydrogen-bond donors (Lipinski definition) is 0. The number of benzene rings is 5. The number of aryl methyl sites for hydroxylation is 2. The van der Waals surface area contributed by atoms with Crippen LogP contribution in [0.5, 0.6) is 0 Å². The molecule has 0 spiro atoms. The number of hydrogen-bond acceptors (Lipinski definition) is 1. The van der Waals surface area contributed by atoms with Crippen molar-refractivity contribution < 1.29 is 0 Å². The van der Waals surface area contributed by atoms with Crippen molar-refractivity contribution in [3.05, 3.63) is 179 Å². The Morgan fingerprint density at radius 2 is 1.31 bits per heavy atom. The van der Waals surface area contributed by atoms with Crippen LogP contribution >= 0.6 is 0 Å². The van der Waals surface area contributed by atoms with Crippen LogP contribution in [0.2, 0.25) is 0 Å². The first-order valence-corrected chi connectivity index (χ1v) is 18.2. The Bertz CT molecular complexity index is 2390. The molecule has 0 saturated carbocycles. The lowest BCUT2D eigenvalue weighted by atomic mass is 9.78. The molecule has 2 aliphatic rings. The van der Waals surface area contributed by atoms with Gasteiger partial charge in [-0.15, -0.1) is 0 Å². The summed E-state index contributed by atoms with van der Waals surface area (Å²) in [5.74, 6) is 0. The maximum atomic E-state index is 2.48. The Morgan fingerprint density at radius 1 is 0.647 bits per heavy atom. The number of aromatic nitrogens is 1. The van der Waals surface area contributed by atoms with Crippen LogP contribution in [0.4, 0.5) is 17.1 Å². The molecule has 0 N–H and O–H groups in total. The molecule has 2 aliphatic carbocycles. The van der Waals surface area contributed by atoms with Crippen molar-refractivity contribution >= 4 is 39.6 Å². The van der Waals surface area contributed by atoms with Gasteiger partial charge in [0.1, 0.15) is 0 Å². The highest BCUT2D eigenvalue weighted by Crippen LogP contribution is 2.45. The SMILES string of the molecule is CC1=Cc2c(n(-c3ccc(-c4ccc(N(c5ccc(C)cc5)c5cccc6c5C(C)(C)C=C/C=C\C=C\6C)cc4)cc3)c3ccc(C)cc23)CC1. The minimum Gasteiger partial charge on any atom is -0.313 e. The normalized spacial score (nSPS) is 16.6. The Balaban J connectivity index is 1.19. The molecule has 5 aromatic carbocycles. The molecular weight excluding hydrogens is 617 g/mol. The van der Waals surface area contributed by atoms with Gasteiger partial charge in [0, 0.05) is 39.1 Å². The van der Waals surface area contributed by atoms with Crippen LogP contribution in [0.3, 0.4) is 0 Å². The van der Waals surface area contributed by atoms with E-state index in [-0.39, 0.29) is 5.41 Å². The summed E-state index contributed by atoms with van der Waals surface area (Å²) >= 11 is 0. The predicted octanol–water partition coefficient (Wildman–Crippen LogP) is 13.5. The van der Waals surface area contributed by atoms with Gasteiger partial charge in [-0.1, -0.05) is 122 Å². The number of fused-ring (bicyclic) bond motifs is 4. The first kappa shape index (κ1) is 32.6. The average Bonchev–Trinajstić information content (AvgIpc) is 3.46. The van der Waals surface area contributed by atoms with Crippen LogP contribution in [-0.2, 0) is 11.8 Å². The summed E-state index contributed by atoms with van der Waals surface area (Å²) in [5.41, 5.74) is 18.9. The molecule has 0 radical (unpaired) electrons. The summed E-state index contributed by atoms with van der Waals surface area (Å²) < 4.78 is 2.48. The molecule has 1 heterocycles. The van der Waals surface area contributed by atoms with Crippen molar-refractivity contribution in [1.29, 1.82) is 0 Å². The van der Waals surface area contributed by atoms with E-state index in [1.54, 1.807) is 0 Å². The van der Waals surface area contributed by atoms with E-state index < -0.39 is 0 Å². The Morgan fingerprint density at radius 3 is 2.04 bits per heavy atom. The van der Waals surface area contributed by atoms with Crippen molar-refractivity contribution in [1.82, 2.24) is 4.57 Å². The van der Waals surface area contributed by atoms with E-state index in [2.05, 4.69) is 197 Å². The monoisotopic (exact) mass is 662 g/mol.